The predicted molar refractivity (Wildman–Crippen MR) is 82.0 cm³/mol. The molecule has 1 aliphatic rings. The van der Waals surface area contributed by atoms with E-state index in [1.165, 1.54) is 20.3 Å². The van der Waals surface area contributed by atoms with E-state index in [1.807, 2.05) is 12.1 Å². The van der Waals surface area contributed by atoms with Crippen molar-refractivity contribution < 1.29 is 14.3 Å². The third-order valence-corrected chi connectivity index (χ3v) is 3.78. The van der Waals surface area contributed by atoms with E-state index in [2.05, 4.69) is 9.97 Å². The molecule has 1 aliphatic heterocycles. The van der Waals surface area contributed by atoms with Crippen LogP contribution in [-0.4, -0.2) is 36.6 Å². The number of carbonyl (C=O) groups is 1. The Kier molecular flexibility index (Phi) is 3.85. The largest absolute Gasteiger partial charge is 0.481 e. The lowest BCUT2D eigenvalue weighted by molar-refractivity contribution is 0.0977. The van der Waals surface area contributed by atoms with Crippen LogP contribution in [0.3, 0.4) is 0 Å². The molecule has 2 aromatic rings. The summed E-state index contributed by atoms with van der Waals surface area (Å²) in [5.74, 6) is 0.232. The summed E-state index contributed by atoms with van der Waals surface area (Å²) >= 11 is 6.23. The third-order valence-electron chi connectivity index (χ3n) is 3.48. The number of nitrogens with zero attached hydrogens (tertiary/aromatic N) is 3. The zero-order valence-corrected chi connectivity index (χ0v) is 12.9. The van der Waals surface area contributed by atoms with E-state index in [1.54, 1.807) is 11.0 Å². The van der Waals surface area contributed by atoms with Crippen molar-refractivity contribution in [2.75, 3.05) is 25.7 Å². The molecule has 1 aromatic heterocycles. The summed E-state index contributed by atoms with van der Waals surface area (Å²) in [5, 5.41) is 0.540. The second-order valence-corrected chi connectivity index (χ2v) is 5.14. The number of fused-ring (bicyclic) bond motifs is 1. The van der Waals surface area contributed by atoms with E-state index in [0.717, 1.165) is 17.7 Å². The monoisotopic (exact) mass is 319 g/mol. The molecule has 114 valence electrons. The molecule has 2 heterocycles. The number of amides is 1. The minimum absolute atomic E-state index is 0.0176. The van der Waals surface area contributed by atoms with Crippen molar-refractivity contribution >= 4 is 23.2 Å². The van der Waals surface area contributed by atoms with Crippen molar-refractivity contribution in [1.82, 2.24) is 9.97 Å². The van der Waals surface area contributed by atoms with Crippen LogP contribution >= 0.6 is 11.6 Å². The molecule has 0 N–H and O–H groups in total. The number of carbonyl (C=O) groups excluding carboxylic acids is 1. The van der Waals surface area contributed by atoms with Gasteiger partial charge in [0.25, 0.3) is 5.91 Å². The maximum absolute atomic E-state index is 12.7. The Morgan fingerprint density at radius 2 is 1.91 bits per heavy atom. The molecule has 0 atom stereocenters. The van der Waals surface area contributed by atoms with Gasteiger partial charge in [0.2, 0.25) is 17.6 Å². The van der Waals surface area contributed by atoms with Crippen LogP contribution in [0.2, 0.25) is 5.02 Å². The number of para-hydroxylation sites is 1. The molecule has 6 nitrogen and oxygen atoms in total. The number of anilines is 1. The Bertz CT molecular complexity index is 714. The molecule has 0 saturated carbocycles. The summed E-state index contributed by atoms with van der Waals surface area (Å²) in [6.45, 7) is 0.542. The fourth-order valence-corrected chi connectivity index (χ4v) is 2.74. The van der Waals surface area contributed by atoms with E-state index in [-0.39, 0.29) is 23.5 Å². The van der Waals surface area contributed by atoms with Gasteiger partial charge in [0.15, 0.2) is 0 Å². The molecule has 0 unspecified atom stereocenters. The first-order valence-corrected chi connectivity index (χ1v) is 7.08. The van der Waals surface area contributed by atoms with Crippen LogP contribution in [0.25, 0.3) is 0 Å². The van der Waals surface area contributed by atoms with Crippen LogP contribution in [0.5, 0.6) is 11.8 Å². The summed E-state index contributed by atoms with van der Waals surface area (Å²) in [5.41, 5.74) is 1.76. The van der Waals surface area contributed by atoms with Gasteiger partial charge in [-0.1, -0.05) is 23.7 Å². The van der Waals surface area contributed by atoms with Gasteiger partial charge in [-0.25, -0.2) is 0 Å². The van der Waals surface area contributed by atoms with Crippen molar-refractivity contribution in [1.29, 1.82) is 0 Å². The quantitative estimate of drug-likeness (QED) is 0.869. The Labute approximate surface area is 132 Å². The topological polar surface area (TPSA) is 64.6 Å². The fourth-order valence-electron chi connectivity index (χ4n) is 2.44. The van der Waals surface area contributed by atoms with Gasteiger partial charge < -0.3 is 14.4 Å². The van der Waals surface area contributed by atoms with Crippen molar-refractivity contribution in [3.05, 3.63) is 40.7 Å². The fraction of sp³-hybridized carbons (Fsp3) is 0.267. The van der Waals surface area contributed by atoms with Crippen LogP contribution in [0, 0.1) is 0 Å². The predicted octanol–water partition coefficient (Wildman–Crippen LogP) is 2.35. The standard InChI is InChI=1S/C15H14ClN3O3/c1-21-11-8-12(22-2)18-14(17-11)15(20)19-7-6-9-4-3-5-10(16)13(9)19/h3-5,8H,6-7H2,1-2H3. The number of aromatic nitrogens is 2. The lowest BCUT2D eigenvalue weighted by Crippen LogP contribution is -2.30. The van der Waals surface area contributed by atoms with Crippen molar-refractivity contribution in [3.63, 3.8) is 0 Å². The van der Waals surface area contributed by atoms with Crippen LogP contribution in [0.15, 0.2) is 24.3 Å². The third kappa shape index (κ3) is 2.46. The molecule has 0 spiro atoms. The number of hydrogen-bond acceptors (Lipinski definition) is 5. The highest BCUT2D eigenvalue weighted by atomic mass is 35.5. The zero-order chi connectivity index (χ0) is 15.7. The molecular weight excluding hydrogens is 306 g/mol. The first-order valence-electron chi connectivity index (χ1n) is 6.70. The van der Waals surface area contributed by atoms with Gasteiger partial charge in [-0.3, -0.25) is 4.79 Å². The van der Waals surface area contributed by atoms with Gasteiger partial charge in [0, 0.05) is 6.54 Å². The first kappa shape index (κ1) is 14.6. The second kappa shape index (κ2) is 5.81. The number of rotatable bonds is 3. The Morgan fingerprint density at radius 3 is 2.55 bits per heavy atom. The number of halogens is 1. The summed E-state index contributed by atoms with van der Waals surface area (Å²) in [6, 6.07) is 7.11. The molecule has 0 saturated heterocycles. The second-order valence-electron chi connectivity index (χ2n) is 4.73. The number of hydrogen-bond donors (Lipinski definition) is 0. The smallest absolute Gasteiger partial charge is 0.296 e. The SMILES string of the molecule is COc1cc(OC)nc(C(=O)N2CCc3cccc(Cl)c32)n1. The Balaban J connectivity index is 2.00. The Hall–Kier alpha value is -2.34. The van der Waals surface area contributed by atoms with E-state index < -0.39 is 0 Å². The summed E-state index contributed by atoms with van der Waals surface area (Å²) < 4.78 is 10.2. The van der Waals surface area contributed by atoms with Gasteiger partial charge in [-0.2, -0.15) is 9.97 Å². The van der Waals surface area contributed by atoms with Gasteiger partial charge in [-0.05, 0) is 18.1 Å². The van der Waals surface area contributed by atoms with Gasteiger partial charge >= 0.3 is 0 Å². The average molecular weight is 320 g/mol. The van der Waals surface area contributed by atoms with Crippen LogP contribution in [-0.2, 0) is 6.42 Å². The summed E-state index contributed by atoms with van der Waals surface area (Å²) in [7, 11) is 2.94. The first-order chi connectivity index (χ1) is 10.6. The molecule has 0 aliphatic carbocycles. The maximum atomic E-state index is 12.7. The normalized spacial score (nSPS) is 13.0. The molecule has 0 fully saturated rings. The van der Waals surface area contributed by atoms with Crippen LogP contribution in [0.4, 0.5) is 5.69 Å². The molecule has 1 aromatic carbocycles. The van der Waals surface area contributed by atoms with E-state index in [9.17, 15) is 4.79 Å². The molecular formula is C15H14ClN3O3. The van der Waals surface area contributed by atoms with E-state index >= 15 is 0 Å². The summed E-state index contributed by atoms with van der Waals surface area (Å²) in [4.78, 5) is 22.5. The molecule has 0 bridgehead atoms. The molecule has 1 amide bonds. The van der Waals surface area contributed by atoms with E-state index in [0.29, 0.717) is 11.6 Å². The highest BCUT2D eigenvalue weighted by molar-refractivity contribution is 6.34. The van der Waals surface area contributed by atoms with Crippen LogP contribution in [0.1, 0.15) is 16.2 Å². The zero-order valence-electron chi connectivity index (χ0n) is 12.2. The lowest BCUT2D eigenvalue weighted by atomic mass is 10.2. The summed E-state index contributed by atoms with van der Waals surface area (Å²) in [6.07, 6.45) is 0.753. The molecule has 3 rings (SSSR count). The van der Waals surface area contributed by atoms with Crippen molar-refractivity contribution in [2.24, 2.45) is 0 Å². The van der Waals surface area contributed by atoms with Gasteiger partial charge in [-0.15, -0.1) is 0 Å². The highest BCUT2D eigenvalue weighted by Crippen LogP contribution is 2.35. The van der Waals surface area contributed by atoms with Gasteiger partial charge in [0.1, 0.15) is 0 Å². The Morgan fingerprint density at radius 1 is 1.23 bits per heavy atom. The minimum atomic E-state index is -0.330. The number of ether oxygens (including phenoxy) is 2. The molecule has 7 heteroatoms. The van der Waals surface area contributed by atoms with Crippen LogP contribution < -0.4 is 14.4 Å². The molecule has 22 heavy (non-hydrogen) atoms. The number of methoxy groups -OCH3 is 2. The number of benzene rings is 1. The average Bonchev–Trinajstić information content (AvgIpc) is 2.99. The van der Waals surface area contributed by atoms with Crippen molar-refractivity contribution in [3.8, 4) is 11.8 Å². The van der Waals surface area contributed by atoms with E-state index in [4.69, 9.17) is 21.1 Å². The van der Waals surface area contributed by atoms with Gasteiger partial charge in [0.05, 0.1) is 31.0 Å². The lowest BCUT2D eigenvalue weighted by Gasteiger charge is -2.18. The maximum Gasteiger partial charge on any atom is 0.296 e. The van der Waals surface area contributed by atoms with Crippen molar-refractivity contribution in [2.45, 2.75) is 6.42 Å². The molecule has 0 radical (unpaired) electrons. The minimum Gasteiger partial charge on any atom is -0.481 e. The highest BCUT2D eigenvalue weighted by Gasteiger charge is 2.29.